The van der Waals surface area contributed by atoms with Gasteiger partial charge in [-0.15, -0.1) is 0 Å². The van der Waals surface area contributed by atoms with Crippen LogP contribution in [-0.4, -0.2) is 78.1 Å². The molecule has 0 spiro atoms. The lowest BCUT2D eigenvalue weighted by atomic mass is 10.2. The topological polar surface area (TPSA) is 117 Å². The van der Waals surface area contributed by atoms with E-state index in [-0.39, 0.29) is 22.9 Å². The van der Waals surface area contributed by atoms with Crippen LogP contribution in [0.2, 0.25) is 0 Å². The van der Waals surface area contributed by atoms with Gasteiger partial charge in [0.2, 0.25) is 5.95 Å². The van der Waals surface area contributed by atoms with Crippen molar-refractivity contribution in [1.82, 2.24) is 19.8 Å². The number of amides is 1. The van der Waals surface area contributed by atoms with E-state index in [1.165, 1.54) is 24.5 Å². The van der Waals surface area contributed by atoms with Gasteiger partial charge in [-0.05, 0) is 55.4 Å². The monoisotopic (exact) mass is 476 g/mol. The molecule has 1 amide bonds. The average molecular weight is 477 g/mol. The SMILES string of the molecule is O=C([C@@H]1CCCO1)N1CCN(C(=S)Nc2ccc(S(=O)(=O)Nc3ncccn3)cc2)CC1. The van der Waals surface area contributed by atoms with E-state index < -0.39 is 10.0 Å². The van der Waals surface area contributed by atoms with Crippen LogP contribution in [0.1, 0.15) is 12.8 Å². The minimum atomic E-state index is -3.79. The second-order valence-corrected chi connectivity index (χ2v) is 9.52. The van der Waals surface area contributed by atoms with Gasteiger partial charge in [-0.2, -0.15) is 0 Å². The zero-order valence-electron chi connectivity index (χ0n) is 17.3. The van der Waals surface area contributed by atoms with E-state index in [4.69, 9.17) is 17.0 Å². The Morgan fingerprint density at radius 1 is 1.06 bits per heavy atom. The van der Waals surface area contributed by atoms with Crippen LogP contribution in [0.15, 0.2) is 47.6 Å². The third-order valence-electron chi connectivity index (χ3n) is 5.29. The predicted octanol–water partition coefficient (Wildman–Crippen LogP) is 1.30. The van der Waals surface area contributed by atoms with Crippen molar-refractivity contribution < 1.29 is 17.9 Å². The largest absolute Gasteiger partial charge is 0.368 e. The number of piperazine rings is 1. The number of carbonyl (C=O) groups is 1. The summed E-state index contributed by atoms with van der Waals surface area (Å²) in [5.41, 5.74) is 0.669. The van der Waals surface area contributed by atoms with Crippen molar-refractivity contribution in [3.8, 4) is 0 Å². The van der Waals surface area contributed by atoms with Crippen LogP contribution in [0.5, 0.6) is 0 Å². The molecule has 2 fully saturated rings. The van der Waals surface area contributed by atoms with Crippen molar-refractivity contribution in [3.05, 3.63) is 42.7 Å². The molecule has 10 nitrogen and oxygen atoms in total. The quantitative estimate of drug-likeness (QED) is 0.616. The number of hydrogen-bond donors (Lipinski definition) is 2. The van der Waals surface area contributed by atoms with Crippen molar-refractivity contribution in [2.24, 2.45) is 0 Å². The summed E-state index contributed by atoms with van der Waals surface area (Å²) in [4.78, 5) is 24.1. The Morgan fingerprint density at radius 2 is 1.72 bits per heavy atom. The second-order valence-electron chi connectivity index (χ2n) is 7.45. The number of nitrogens with one attached hydrogen (secondary N) is 2. The van der Waals surface area contributed by atoms with E-state index in [1.807, 2.05) is 9.80 Å². The summed E-state index contributed by atoms with van der Waals surface area (Å²) in [6.45, 7) is 3.08. The van der Waals surface area contributed by atoms with Crippen LogP contribution in [0.4, 0.5) is 11.6 Å². The molecule has 32 heavy (non-hydrogen) atoms. The summed E-state index contributed by atoms with van der Waals surface area (Å²) in [6.07, 6.45) is 4.33. The van der Waals surface area contributed by atoms with E-state index in [9.17, 15) is 13.2 Å². The maximum atomic E-state index is 12.5. The zero-order chi connectivity index (χ0) is 22.6. The first kappa shape index (κ1) is 22.4. The summed E-state index contributed by atoms with van der Waals surface area (Å²) in [7, 11) is -3.79. The molecule has 4 rings (SSSR count). The highest BCUT2D eigenvalue weighted by atomic mass is 32.2. The van der Waals surface area contributed by atoms with Crippen LogP contribution in [0, 0.1) is 0 Å². The van der Waals surface area contributed by atoms with E-state index in [1.54, 1.807) is 18.2 Å². The second kappa shape index (κ2) is 9.76. The number of nitrogens with zero attached hydrogens (tertiary/aromatic N) is 4. The fraction of sp³-hybridized carbons (Fsp3) is 0.400. The summed E-state index contributed by atoms with van der Waals surface area (Å²) >= 11 is 5.50. The summed E-state index contributed by atoms with van der Waals surface area (Å²) in [5.74, 6) is 0.0698. The normalized spacial score (nSPS) is 18.9. The highest BCUT2D eigenvalue weighted by Gasteiger charge is 2.30. The number of ether oxygens (including phenoxy) is 1. The van der Waals surface area contributed by atoms with Gasteiger partial charge in [-0.1, -0.05) is 0 Å². The standard InChI is InChI=1S/C20H24N6O4S2/c27-18(17-3-1-14-30-17)25-10-12-26(13-11-25)20(31)23-15-4-6-16(7-5-15)32(28,29)24-19-21-8-2-9-22-19/h2,4-9,17H,1,3,10-14H2,(H,23,31)(H,21,22,24)/t17-/m0/s1. The molecule has 2 aliphatic rings. The lowest BCUT2D eigenvalue weighted by Crippen LogP contribution is -2.53. The first-order chi connectivity index (χ1) is 15.4. The molecule has 0 radical (unpaired) electrons. The van der Waals surface area contributed by atoms with Crippen LogP contribution in [0.3, 0.4) is 0 Å². The predicted molar refractivity (Wildman–Crippen MR) is 123 cm³/mol. The molecule has 2 aromatic rings. The van der Waals surface area contributed by atoms with Gasteiger partial charge in [-0.3, -0.25) is 4.79 Å². The van der Waals surface area contributed by atoms with Gasteiger partial charge >= 0.3 is 0 Å². The van der Waals surface area contributed by atoms with Crippen LogP contribution in [-0.2, 0) is 19.6 Å². The Labute approximate surface area is 192 Å². The minimum absolute atomic E-state index is 0.00740. The molecule has 1 aromatic carbocycles. The average Bonchev–Trinajstić information content (AvgIpc) is 3.34. The summed E-state index contributed by atoms with van der Waals surface area (Å²) in [6, 6.07) is 7.85. The Hall–Kier alpha value is -2.83. The number of thiocarbonyl (C=S) groups is 1. The first-order valence-corrected chi connectivity index (χ1v) is 12.2. The zero-order valence-corrected chi connectivity index (χ0v) is 18.9. The van der Waals surface area contributed by atoms with Crippen LogP contribution < -0.4 is 10.0 Å². The van der Waals surface area contributed by atoms with Gasteiger partial charge in [0.15, 0.2) is 5.11 Å². The number of aromatic nitrogens is 2. The Bertz CT molecular complexity index is 1050. The Kier molecular flexibility index (Phi) is 6.82. The van der Waals surface area contributed by atoms with Gasteiger partial charge in [0, 0.05) is 50.9 Å². The Balaban J connectivity index is 1.30. The third-order valence-corrected chi connectivity index (χ3v) is 7.00. The number of benzene rings is 1. The van der Waals surface area contributed by atoms with E-state index in [0.717, 1.165) is 12.8 Å². The number of hydrogen-bond acceptors (Lipinski definition) is 7. The van der Waals surface area contributed by atoms with Crippen molar-refractivity contribution in [1.29, 1.82) is 0 Å². The molecular weight excluding hydrogens is 452 g/mol. The maximum Gasteiger partial charge on any atom is 0.264 e. The van der Waals surface area contributed by atoms with E-state index in [2.05, 4.69) is 20.0 Å². The molecule has 2 aliphatic heterocycles. The fourth-order valence-corrected chi connectivity index (χ4v) is 4.82. The van der Waals surface area contributed by atoms with Crippen molar-refractivity contribution in [3.63, 3.8) is 0 Å². The van der Waals surface area contributed by atoms with Gasteiger partial charge < -0.3 is 19.9 Å². The highest BCUT2D eigenvalue weighted by Crippen LogP contribution is 2.18. The van der Waals surface area contributed by atoms with Crippen LogP contribution >= 0.6 is 12.2 Å². The molecule has 2 N–H and O–H groups in total. The molecule has 170 valence electrons. The molecule has 1 aromatic heterocycles. The molecule has 0 aliphatic carbocycles. The molecule has 0 bridgehead atoms. The van der Waals surface area contributed by atoms with Crippen molar-refractivity contribution >= 4 is 44.9 Å². The van der Waals surface area contributed by atoms with Crippen LogP contribution in [0.25, 0.3) is 0 Å². The first-order valence-electron chi connectivity index (χ1n) is 10.3. The summed E-state index contributed by atoms with van der Waals surface area (Å²) < 4.78 is 32.8. The van der Waals surface area contributed by atoms with E-state index in [0.29, 0.717) is 43.6 Å². The third kappa shape index (κ3) is 5.31. The molecule has 0 unspecified atom stereocenters. The molecule has 3 heterocycles. The highest BCUT2D eigenvalue weighted by molar-refractivity contribution is 7.92. The lowest BCUT2D eigenvalue weighted by Gasteiger charge is -2.37. The molecule has 12 heteroatoms. The molecule has 1 atom stereocenters. The maximum absolute atomic E-state index is 12.5. The molecule has 2 saturated heterocycles. The number of carbonyl (C=O) groups excluding carboxylic acids is 1. The molecule has 0 saturated carbocycles. The van der Waals surface area contributed by atoms with Gasteiger partial charge in [0.1, 0.15) is 6.10 Å². The van der Waals surface area contributed by atoms with Crippen molar-refractivity contribution in [2.45, 2.75) is 23.8 Å². The smallest absolute Gasteiger partial charge is 0.264 e. The molecular formula is C20H24N6O4S2. The number of sulfonamides is 1. The van der Waals surface area contributed by atoms with Crippen molar-refractivity contribution in [2.75, 3.05) is 42.8 Å². The summed E-state index contributed by atoms with van der Waals surface area (Å²) in [5, 5.41) is 3.66. The van der Waals surface area contributed by atoms with Gasteiger partial charge in [-0.25, -0.2) is 23.1 Å². The lowest BCUT2D eigenvalue weighted by molar-refractivity contribution is -0.142. The van der Waals surface area contributed by atoms with E-state index >= 15 is 0 Å². The minimum Gasteiger partial charge on any atom is -0.368 e. The fourth-order valence-electron chi connectivity index (χ4n) is 3.56. The van der Waals surface area contributed by atoms with Gasteiger partial charge in [0.25, 0.3) is 15.9 Å². The Morgan fingerprint density at radius 3 is 2.34 bits per heavy atom. The number of anilines is 2. The van der Waals surface area contributed by atoms with Gasteiger partial charge in [0.05, 0.1) is 4.90 Å². The number of rotatable bonds is 5.